The number of H-pyrrole nitrogens is 2. The SMILES string of the molecule is Cn1c(Cc2c[nH]c(=S)[nH]c2=O)cc2ccccc21. The maximum atomic E-state index is 11.8. The lowest BCUT2D eigenvalue weighted by atomic mass is 10.2. The van der Waals surface area contributed by atoms with Gasteiger partial charge in [0.15, 0.2) is 4.77 Å². The third kappa shape index (κ3) is 2.13. The molecule has 2 heterocycles. The number of aromatic amines is 2. The highest BCUT2D eigenvalue weighted by Crippen LogP contribution is 2.19. The van der Waals surface area contributed by atoms with Crippen LogP contribution in [0.3, 0.4) is 0 Å². The minimum absolute atomic E-state index is 0.131. The maximum Gasteiger partial charge on any atom is 0.255 e. The van der Waals surface area contributed by atoms with Crippen molar-refractivity contribution in [2.24, 2.45) is 7.05 Å². The molecule has 0 bridgehead atoms. The van der Waals surface area contributed by atoms with Crippen molar-refractivity contribution in [2.75, 3.05) is 0 Å². The number of hydrogen-bond acceptors (Lipinski definition) is 2. The third-order valence-electron chi connectivity index (χ3n) is 3.32. The Hall–Kier alpha value is -2.14. The summed E-state index contributed by atoms with van der Waals surface area (Å²) in [7, 11) is 2.01. The first-order valence-corrected chi connectivity index (χ1v) is 6.40. The maximum absolute atomic E-state index is 11.8. The molecule has 4 nitrogen and oxygen atoms in total. The van der Waals surface area contributed by atoms with Crippen LogP contribution in [0.15, 0.2) is 41.3 Å². The first-order chi connectivity index (χ1) is 9.15. The number of fused-ring (bicyclic) bond motifs is 1. The molecule has 0 saturated heterocycles. The van der Waals surface area contributed by atoms with Crippen molar-refractivity contribution in [1.29, 1.82) is 0 Å². The number of benzene rings is 1. The molecule has 0 unspecified atom stereocenters. The molecular formula is C14H13N3OS. The highest BCUT2D eigenvalue weighted by Gasteiger charge is 2.08. The van der Waals surface area contributed by atoms with Gasteiger partial charge in [0.05, 0.1) is 0 Å². The summed E-state index contributed by atoms with van der Waals surface area (Å²) in [6.45, 7) is 0. The average molecular weight is 271 g/mol. The standard InChI is InChI=1S/C14H13N3OS/c1-17-11(6-9-4-2-3-5-12(9)17)7-10-8-15-14(19)16-13(10)18/h2-6,8H,7H2,1H3,(H2,15,16,18,19). The molecule has 0 aliphatic heterocycles. The minimum Gasteiger partial charge on any atom is -0.347 e. The van der Waals surface area contributed by atoms with Crippen molar-refractivity contribution in [2.45, 2.75) is 6.42 Å². The predicted molar refractivity (Wildman–Crippen MR) is 78.0 cm³/mol. The van der Waals surface area contributed by atoms with E-state index in [2.05, 4.69) is 32.7 Å². The van der Waals surface area contributed by atoms with E-state index >= 15 is 0 Å². The number of aromatic nitrogens is 3. The first kappa shape index (κ1) is 11.9. The highest BCUT2D eigenvalue weighted by atomic mass is 32.1. The lowest BCUT2D eigenvalue weighted by molar-refractivity contribution is 0.867. The summed E-state index contributed by atoms with van der Waals surface area (Å²) in [6.07, 6.45) is 2.26. The molecular weight excluding hydrogens is 258 g/mol. The van der Waals surface area contributed by atoms with Gasteiger partial charge in [0.1, 0.15) is 0 Å². The average Bonchev–Trinajstić information content (AvgIpc) is 2.70. The zero-order valence-corrected chi connectivity index (χ0v) is 11.3. The van der Waals surface area contributed by atoms with Crippen molar-refractivity contribution >= 4 is 23.1 Å². The van der Waals surface area contributed by atoms with E-state index in [0.29, 0.717) is 16.8 Å². The van der Waals surface area contributed by atoms with E-state index in [1.54, 1.807) is 6.20 Å². The van der Waals surface area contributed by atoms with Crippen molar-refractivity contribution in [3.63, 3.8) is 0 Å². The van der Waals surface area contributed by atoms with Crippen molar-refractivity contribution < 1.29 is 0 Å². The summed E-state index contributed by atoms with van der Waals surface area (Å²) < 4.78 is 2.46. The molecule has 96 valence electrons. The van der Waals surface area contributed by atoms with Gasteiger partial charge in [-0.15, -0.1) is 0 Å². The molecule has 0 spiro atoms. The third-order valence-corrected chi connectivity index (χ3v) is 3.54. The predicted octanol–water partition coefficient (Wildman–Crippen LogP) is 2.51. The zero-order chi connectivity index (χ0) is 13.4. The van der Waals surface area contributed by atoms with E-state index in [1.165, 1.54) is 5.39 Å². The molecule has 0 aliphatic carbocycles. The van der Waals surface area contributed by atoms with E-state index in [-0.39, 0.29) is 5.56 Å². The van der Waals surface area contributed by atoms with Crippen molar-refractivity contribution in [1.82, 2.24) is 14.5 Å². The summed E-state index contributed by atoms with van der Waals surface area (Å²) in [5.74, 6) is 0. The van der Waals surface area contributed by atoms with Crippen LogP contribution in [0, 0.1) is 4.77 Å². The Morgan fingerprint density at radius 1 is 1.32 bits per heavy atom. The van der Waals surface area contributed by atoms with Crippen LogP contribution < -0.4 is 5.56 Å². The van der Waals surface area contributed by atoms with Crippen LogP contribution in [0.1, 0.15) is 11.3 Å². The van der Waals surface area contributed by atoms with Crippen LogP contribution in [0.2, 0.25) is 0 Å². The number of nitrogens with zero attached hydrogens (tertiary/aromatic N) is 1. The monoisotopic (exact) mass is 271 g/mol. The summed E-state index contributed by atoms with van der Waals surface area (Å²) in [6, 6.07) is 10.3. The molecule has 0 aliphatic rings. The molecule has 0 amide bonds. The molecule has 3 aromatic rings. The summed E-state index contributed by atoms with van der Waals surface area (Å²) in [4.78, 5) is 17.3. The zero-order valence-electron chi connectivity index (χ0n) is 10.4. The number of nitrogens with one attached hydrogen (secondary N) is 2. The molecule has 2 aromatic heterocycles. The second-order valence-corrected chi connectivity index (χ2v) is 4.94. The van der Waals surface area contributed by atoms with Crippen LogP contribution >= 0.6 is 12.2 Å². The number of hydrogen-bond donors (Lipinski definition) is 2. The molecule has 0 fully saturated rings. The van der Waals surface area contributed by atoms with Gasteiger partial charge in [0, 0.05) is 36.4 Å². The van der Waals surface area contributed by atoms with Gasteiger partial charge in [0.25, 0.3) is 5.56 Å². The first-order valence-electron chi connectivity index (χ1n) is 5.99. The van der Waals surface area contributed by atoms with E-state index < -0.39 is 0 Å². The quantitative estimate of drug-likeness (QED) is 0.704. The fourth-order valence-corrected chi connectivity index (χ4v) is 2.43. The fourth-order valence-electron chi connectivity index (χ4n) is 2.28. The fraction of sp³-hybridized carbons (Fsp3) is 0.143. The van der Waals surface area contributed by atoms with Gasteiger partial charge >= 0.3 is 0 Å². The molecule has 19 heavy (non-hydrogen) atoms. The van der Waals surface area contributed by atoms with Crippen LogP contribution in [0.5, 0.6) is 0 Å². The van der Waals surface area contributed by atoms with Gasteiger partial charge in [-0.25, -0.2) is 0 Å². The summed E-state index contributed by atoms with van der Waals surface area (Å²) in [5, 5.41) is 1.18. The summed E-state index contributed by atoms with van der Waals surface area (Å²) in [5.41, 5.74) is 2.81. The van der Waals surface area contributed by atoms with E-state index in [9.17, 15) is 4.79 Å². The molecule has 1 aromatic carbocycles. The Morgan fingerprint density at radius 3 is 2.84 bits per heavy atom. The van der Waals surface area contributed by atoms with Gasteiger partial charge in [-0.2, -0.15) is 0 Å². The lowest BCUT2D eigenvalue weighted by Crippen LogP contribution is -2.14. The van der Waals surface area contributed by atoms with E-state index in [0.717, 1.165) is 11.2 Å². The molecule has 5 heteroatoms. The van der Waals surface area contributed by atoms with Gasteiger partial charge in [-0.3, -0.25) is 9.78 Å². The second-order valence-electron chi connectivity index (χ2n) is 4.53. The van der Waals surface area contributed by atoms with E-state index in [4.69, 9.17) is 12.2 Å². The van der Waals surface area contributed by atoms with Crippen molar-refractivity contribution in [3.05, 3.63) is 62.9 Å². The number of para-hydroxylation sites is 1. The molecule has 2 N–H and O–H groups in total. The Balaban J connectivity index is 2.08. The highest BCUT2D eigenvalue weighted by molar-refractivity contribution is 7.71. The number of rotatable bonds is 2. The van der Waals surface area contributed by atoms with Gasteiger partial charge in [-0.05, 0) is 29.7 Å². The van der Waals surface area contributed by atoms with Gasteiger partial charge < -0.3 is 9.55 Å². The molecule has 0 radical (unpaired) electrons. The topological polar surface area (TPSA) is 53.6 Å². The van der Waals surface area contributed by atoms with E-state index in [1.807, 2.05) is 19.2 Å². The summed E-state index contributed by atoms with van der Waals surface area (Å²) >= 11 is 4.89. The van der Waals surface area contributed by atoms with Crippen LogP contribution in [0.25, 0.3) is 10.9 Å². The van der Waals surface area contributed by atoms with Crippen molar-refractivity contribution in [3.8, 4) is 0 Å². The van der Waals surface area contributed by atoms with Gasteiger partial charge in [0.2, 0.25) is 0 Å². The Kier molecular flexibility index (Phi) is 2.83. The molecule has 0 saturated carbocycles. The van der Waals surface area contributed by atoms with Crippen LogP contribution in [0.4, 0.5) is 0 Å². The Morgan fingerprint density at radius 2 is 2.11 bits per heavy atom. The Bertz CT molecular complexity index is 857. The largest absolute Gasteiger partial charge is 0.347 e. The molecule has 3 rings (SSSR count). The van der Waals surface area contributed by atoms with Gasteiger partial charge in [-0.1, -0.05) is 18.2 Å². The van der Waals surface area contributed by atoms with Crippen LogP contribution in [-0.2, 0) is 13.5 Å². The number of aryl methyl sites for hydroxylation is 1. The minimum atomic E-state index is -0.131. The van der Waals surface area contributed by atoms with Crippen LogP contribution in [-0.4, -0.2) is 14.5 Å². The second kappa shape index (κ2) is 4.51. The molecule has 0 atom stereocenters. The normalized spacial score (nSPS) is 11.0. The smallest absolute Gasteiger partial charge is 0.255 e. The lowest BCUT2D eigenvalue weighted by Gasteiger charge is -2.03. The Labute approximate surface area is 114 Å².